The van der Waals surface area contributed by atoms with Gasteiger partial charge in [0.15, 0.2) is 12.3 Å². The number of rotatable bonds is 7. The summed E-state index contributed by atoms with van der Waals surface area (Å²) in [6.45, 7) is 1.92. The summed E-state index contributed by atoms with van der Waals surface area (Å²) in [5, 5.41) is 2.54. The van der Waals surface area contributed by atoms with Crippen molar-refractivity contribution in [2.75, 3.05) is 6.54 Å². The lowest BCUT2D eigenvalue weighted by molar-refractivity contribution is -0.166. The number of halogens is 2. The highest BCUT2D eigenvalue weighted by molar-refractivity contribution is 6.22. The van der Waals surface area contributed by atoms with Gasteiger partial charge in [-0.3, -0.25) is 14.4 Å². The van der Waals surface area contributed by atoms with Gasteiger partial charge >= 0.3 is 0 Å². The fourth-order valence-electron chi connectivity index (χ4n) is 5.81. The van der Waals surface area contributed by atoms with Gasteiger partial charge in [0.2, 0.25) is 5.78 Å². The Morgan fingerprint density at radius 2 is 1.74 bits per heavy atom. The molecule has 5 unspecified atom stereocenters. The summed E-state index contributed by atoms with van der Waals surface area (Å²) in [6, 6.07) is 20.6. The highest BCUT2D eigenvalue weighted by Crippen LogP contribution is 2.40. The molecule has 0 aliphatic carbocycles. The lowest BCUT2D eigenvalue weighted by atomic mass is 9.91. The van der Waals surface area contributed by atoms with Crippen LogP contribution in [-0.4, -0.2) is 58.4 Å². The molecule has 3 aliphatic rings. The summed E-state index contributed by atoms with van der Waals surface area (Å²) in [5.74, 6) is -3.28. The molecule has 0 aromatic heterocycles. The number of amides is 2. The van der Waals surface area contributed by atoms with E-state index in [1.807, 2.05) is 67.6 Å². The average Bonchev–Trinajstić information content (AvgIpc) is 3.33. The molecule has 8 nitrogen and oxygen atoms in total. The topological polar surface area (TPSA) is 88.2 Å². The van der Waals surface area contributed by atoms with E-state index in [2.05, 4.69) is 5.32 Å². The molecule has 3 aliphatic heterocycles. The largest absolute Gasteiger partial charge is 0.363 e. The molecule has 0 radical (unpaired) electrons. The molecule has 6 rings (SSSR count). The first-order valence-electron chi connectivity index (χ1n) is 13.7. The van der Waals surface area contributed by atoms with E-state index < -0.39 is 41.7 Å². The van der Waals surface area contributed by atoms with E-state index in [0.29, 0.717) is 0 Å². The van der Waals surface area contributed by atoms with E-state index in [9.17, 15) is 23.2 Å². The van der Waals surface area contributed by atoms with Crippen LogP contribution in [0.25, 0.3) is 0 Å². The molecule has 216 valence electrons. The van der Waals surface area contributed by atoms with Crippen LogP contribution in [0.1, 0.15) is 29.7 Å². The molecule has 2 amide bonds. The Hall–Kier alpha value is -4.41. The predicted molar refractivity (Wildman–Crippen MR) is 147 cm³/mol. The number of ether oxygens (including phenoxy) is 2. The monoisotopic (exact) mass is 573 g/mol. The highest BCUT2D eigenvalue weighted by atomic mass is 19.1. The van der Waals surface area contributed by atoms with Crippen LogP contribution < -0.4 is 5.32 Å². The van der Waals surface area contributed by atoms with E-state index in [1.165, 1.54) is 12.3 Å². The fraction of sp³-hybridized carbons (Fsp3) is 0.281. The number of carbonyl (C=O) groups is 3. The molecule has 3 heterocycles. The maximum absolute atomic E-state index is 14.2. The van der Waals surface area contributed by atoms with Gasteiger partial charge in [0.05, 0.1) is 19.2 Å². The Morgan fingerprint density at radius 3 is 2.45 bits per heavy atom. The third-order valence-electron chi connectivity index (χ3n) is 7.93. The van der Waals surface area contributed by atoms with Crippen LogP contribution in [0.15, 0.2) is 90.6 Å². The molecule has 2 fully saturated rings. The first kappa shape index (κ1) is 27.7. The van der Waals surface area contributed by atoms with Gasteiger partial charge in [-0.15, -0.1) is 0 Å². The standard InChI is InChI=1S/C32H29F2N3O5/c1-19-29(21-10-6-3-7-11-21)42-26-17-36-16-24(31(39)35-15-22-12-13-23(33)14-25(22)34)28(38)30(27(36)32(40)37(19)26)41-18-20-8-4-2-5-9-20/h2-14,16,19,26-27,29-30H,15,17-18H2,1H3,(H,35,39). The first-order valence-corrected chi connectivity index (χ1v) is 13.7. The smallest absolute Gasteiger partial charge is 0.256 e. The molecule has 1 N–H and O–H groups in total. The fourth-order valence-corrected chi connectivity index (χ4v) is 5.81. The van der Waals surface area contributed by atoms with Gasteiger partial charge < -0.3 is 24.6 Å². The minimum atomic E-state index is -1.27. The molecular weight excluding hydrogens is 544 g/mol. The van der Waals surface area contributed by atoms with Crippen LogP contribution in [0.3, 0.4) is 0 Å². The molecule has 2 saturated heterocycles. The van der Waals surface area contributed by atoms with Gasteiger partial charge in [-0.05, 0) is 24.1 Å². The number of hydrogen-bond acceptors (Lipinski definition) is 6. The Morgan fingerprint density at radius 1 is 1.02 bits per heavy atom. The van der Waals surface area contributed by atoms with Crippen LogP contribution in [0.5, 0.6) is 0 Å². The number of piperazine rings is 1. The zero-order chi connectivity index (χ0) is 29.4. The normalized spacial score (nSPS) is 25.1. The van der Waals surface area contributed by atoms with Crippen LogP contribution in [0, 0.1) is 11.6 Å². The SMILES string of the molecule is CC1C(c2ccccc2)OC2CN3C=C(C(=O)NCc4ccc(F)cc4F)C(=O)C(OCc4ccccc4)C3C(=O)N21. The maximum atomic E-state index is 14.2. The molecule has 10 heteroatoms. The Labute approximate surface area is 241 Å². The Bertz CT molecular complexity index is 1530. The molecule has 5 atom stereocenters. The quantitative estimate of drug-likeness (QED) is 0.435. The van der Waals surface area contributed by atoms with Crippen LogP contribution in [0.2, 0.25) is 0 Å². The molecule has 0 saturated carbocycles. The number of carbonyl (C=O) groups excluding carboxylic acids is 3. The van der Waals surface area contributed by atoms with Crippen molar-refractivity contribution in [3.05, 3.63) is 119 Å². The minimum absolute atomic E-state index is 0.0483. The molecule has 3 aromatic rings. The van der Waals surface area contributed by atoms with Crippen molar-refractivity contribution in [3.8, 4) is 0 Å². The summed E-state index contributed by atoms with van der Waals surface area (Å²) >= 11 is 0. The number of fused-ring (bicyclic) bond motifs is 2. The summed E-state index contributed by atoms with van der Waals surface area (Å²) in [5.41, 5.74) is 1.57. The van der Waals surface area contributed by atoms with Gasteiger partial charge in [0.1, 0.15) is 29.4 Å². The predicted octanol–water partition coefficient (Wildman–Crippen LogP) is 3.63. The van der Waals surface area contributed by atoms with E-state index in [0.717, 1.165) is 23.3 Å². The lowest BCUT2D eigenvalue weighted by Gasteiger charge is -2.46. The second-order valence-electron chi connectivity index (χ2n) is 10.6. The van der Waals surface area contributed by atoms with Crippen molar-refractivity contribution >= 4 is 17.6 Å². The van der Waals surface area contributed by atoms with Crippen molar-refractivity contribution in [1.29, 1.82) is 0 Å². The molecule has 42 heavy (non-hydrogen) atoms. The lowest BCUT2D eigenvalue weighted by Crippen LogP contribution is -2.67. The zero-order valence-electron chi connectivity index (χ0n) is 22.8. The molecule has 0 spiro atoms. The number of nitrogens with zero attached hydrogens (tertiary/aromatic N) is 2. The minimum Gasteiger partial charge on any atom is -0.363 e. The zero-order valence-corrected chi connectivity index (χ0v) is 22.8. The van der Waals surface area contributed by atoms with Crippen molar-refractivity contribution in [3.63, 3.8) is 0 Å². The second-order valence-corrected chi connectivity index (χ2v) is 10.6. The Kier molecular flexibility index (Phi) is 7.57. The summed E-state index contributed by atoms with van der Waals surface area (Å²) in [4.78, 5) is 44.3. The third-order valence-corrected chi connectivity index (χ3v) is 7.93. The van der Waals surface area contributed by atoms with Gasteiger partial charge in [-0.1, -0.05) is 66.7 Å². The van der Waals surface area contributed by atoms with E-state index in [4.69, 9.17) is 9.47 Å². The second kappa shape index (κ2) is 11.5. The van der Waals surface area contributed by atoms with Gasteiger partial charge in [-0.2, -0.15) is 0 Å². The van der Waals surface area contributed by atoms with Gasteiger partial charge in [0.25, 0.3) is 11.8 Å². The summed E-state index contributed by atoms with van der Waals surface area (Å²) in [7, 11) is 0. The maximum Gasteiger partial charge on any atom is 0.256 e. The van der Waals surface area contributed by atoms with Crippen molar-refractivity contribution in [2.24, 2.45) is 0 Å². The van der Waals surface area contributed by atoms with Crippen LogP contribution in [-0.2, 0) is 37.0 Å². The van der Waals surface area contributed by atoms with Crippen LogP contribution >= 0.6 is 0 Å². The number of nitrogens with one attached hydrogen (secondary N) is 1. The molecule has 3 aromatic carbocycles. The highest BCUT2D eigenvalue weighted by Gasteiger charge is 2.55. The van der Waals surface area contributed by atoms with E-state index in [-0.39, 0.29) is 48.9 Å². The number of Topliss-reactive ketones (excluding diaryl/α,β-unsaturated/α-hetero) is 1. The Balaban J connectivity index is 1.28. The average molecular weight is 574 g/mol. The van der Waals surface area contributed by atoms with Crippen LogP contribution in [0.4, 0.5) is 8.78 Å². The van der Waals surface area contributed by atoms with Crippen molar-refractivity contribution in [2.45, 2.75) is 50.6 Å². The van der Waals surface area contributed by atoms with E-state index in [1.54, 1.807) is 9.80 Å². The molecular formula is C32H29F2N3O5. The summed E-state index contributed by atoms with van der Waals surface area (Å²) < 4.78 is 39.9. The van der Waals surface area contributed by atoms with Gasteiger partial charge in [0, 0.05) is 24.4 Å². The van der Waals surface area contributed by atoms with E-state index >= 15 is 0 Å². The summed E-state index contributed by atoms with van der Waals surface area (Å²) in [6.07, 6.45) is -0.871. The molecule has 0 bridgehead atoms. The van der Waals surface area contributed by atoms with Gasteiger partial charge in [-0.25, -0.2) is 8.78 Å². The van der Waals surface area contributed by atoms with Crippen molar-refractivity contribution < 1.29 is 32.6 Å². The number of hydrogen-bond donors (Lipinski definition) is 1. The first-order chi connectivity index (χ1) is 20.3. The van der Waals surface area contributed by atoms with Crippen molar-refractivity contribution in [1.82, 2.24) is 15.1 Å². The number of benzene rings is 3. The number of ketones is 1. The third kappa shape index (κ3) is 5.19.